The van der Waals surface area contributed by atoms with Gasteiger partial charge >= 0.3 is 0 Å². The lowest BCUT2D eigenvalue weighted by Crippen LogP contribution is -2.33. The second kappa shape index (κ2) is 8.97. The molecule has 0 aliphatic carbocycles. The van der Waals surface area contributed by atoms with Crippen LogP contribution < -0.4 is 5.32 Å². The molecule has 1 atom stereocenters. The van der Waals surface area contributed by atoms with Gasteiger partial charge in [-0.05, 0) is 26.2 Å². The molecule has 0 radical (unpaired) electrons. The minimum absolute atomic E-state index is 0.0628. The first-order valence-electron chi connectivity index (χ1n) is 8.75. The summed E-state index contributed by atoms with van der Waals surface area (Å²) in [7, 11) is 0. The number of rotatable bonds is 8. The van der Waals surface area contributed by atoms with E-state index in [9.17, 15) is 4.79 Å². The van der Waals surface area contributed by atoms with Crippen LogP contribution >= 0.6 is 11.3 Å². The SMILES string of the molecule is Cc1ccc(-c2nc(CC(=O)NC(C)CCCC(C)C)cs2)cc1. The number of aryl methyl sites for hydroxylation is 1. The summed E-state index contributed by atoms with van der Waals surface area (Å²) < 4.78 is 0. The van der Waals surface area contributed by atoms with Crippen LogP contribution in [-0.4, -0.2) is 16.9 Å². The standard InChI is InChI=1S/C20H28N2OS/c1-14(2)6-5-7-16(4)21-19(23)12-18-13-24-20(22-18)17-10-8-15(3)9-11-17/h8-11,13-14,16H,5-7,12H2,1-4H3,(H,21,23). The zero-order chi connectivity index (χ0) is 17.5. The maximum absolute atomic E-state index is 12.2. The third kappa shape index (κ3) is 6.08. The van der Waals surface area contributed by atoms with Gasteiger partial charge in [-0.3, -0.25) is 4.79 Å². The summed E-state index contributed by atoms with van der Waals surface area (Å²) in [6, 6.07) is 8.56. The number of benzene rings is 1. The lowest BCUT2D eigenvalue weighted by atomic mass is 10.0. The summed E-state index contributed by atoms with van der Waals surface area (Å²) in [5.41, 5.74) is 3.20. The molecule has 2 aromatic rings. The van der Waals surface area contributed by atoms with Crippen molar-refractivity contribution < 1.29 is 4.79 Å². The molecule has 0 saturated heterocycles. The average Bonchev–Trinajstić information content (AvgIpc) is 2.95. The first kappa shape index (κ1) is 18.7. The maximum atomic E-state index is 12.2. The molecular weight excluding hydrogens is 316 g/mol. The van der Waals surface area contributed by atoms with Crippen LogP contribution in [-0.2, 0) is 11.2 Å². The Balaban J connectivity index is 1.83. The summed E-state index contributed by atoms with van der Waals surface area (Å²) in [5.74, 6) is 0.788. The highest BCUT2D eigenvalue weighted by molar-refractivity contribution is 7.13. The van der Waals surface area contributed by atoms with E-state index in [1.54, 1.807) is 11.3 Å². The molecule has 0 bridgehead atoms. The first-order chi connectivity index (χ1) is 11.4. The number of nitrogens with zero attached hydrogens (tertiary/aromatic N) is 1. The predicted molar refractivity (Wildman–Crippen MR) is 102 cm³/mol. The summed E-state index contributed by atoms with van der Waals surface area (Å²) >= 11 is 1.60. The smallest absolute Gasteiger partial charge is 0.226 e. The number of carbonyl (C=O) groups is 1. The minimum Gasteiger partial charge on any atom is -0.353 e. The Hall–Kier alpha value is -1.68. The summed E-state index contributed by atoms with van der Waals surface area (Å²) in [6.07, 6.45) is 3.77. The molecule has 3 nitrogen and oxygen atoms in total. The summed E-state index contributed by atoms with van der Waals surface area (Å²) in [5, 5.41) is 6.04. The number of hydrogen-bond acceptors (Lipinski definition) is 3. The van der Waals surface area contributed by atoms with E-state index in [2.05, 4.69) is 62.3 Å². The van der Waals surface area contributed by atoms with Crippen LogP contribution in [0.2, 0.25) is 0 Å². The van der Waals surface area contributed by atoms with E-state index in [1.165, 1.54) is 12.0 Å². The van der Waals surface area contributed by atoms with E-state index in [0.717, 1.165) is 35.0 Å². The minimum atomic E-state index is 0.0628. The molecule has 2 rings (SSSR count). The third-order valence-corrected chi connectivity index (χ3v) is 4.96. The molecule has 4 heteroatoms. The molecule has 1 heterocycles. The fraction of sp³-hybridized carbons (Fsp3) is 0.500. The number of carbonyl (C=O) groups excluding carboxylic acids is 1. The lowest BCUT2D eigenvalue weighted by Gasteiger charge is -2.14. The molecule has 130 valence electrons. The molecule has 0 aliphatic rings. The molecule has 0 aliphatic heterocycles. The van der Waals surface area contributed by atoms with Gasteiger partial charge in [0.05, 0.1) is 12.1 Å². The van der Waals surface area contributed by atoms with Gasteiger partial charge in [-0.2, -0.15) is 0 Å². The largest absolute Gasteiger partial charge is 0.353 e. The molecule has 1 aromatic heterocycles. The van der Waals surface area contributed by atoms with Crippen molar-refractivity contribution in [3.8, 4) is 10.6 Å². The molecule has 24 heavy (non-hydrogen) atoms. The number of thiazole rings is 1. The van der Waals surface area contributed by atoms with Crippen molar-refractivity contribution in [1.82, 2.24) is 10.3 Å². The number of aromatic nitrogens is 1. The highest BCUT2D eigenvalue weighted by Crippen LogP contribution is 2.24. The van der Waals surface area contributed by atoms with E-state index in [1.807, 2.05) is 5.38 Å². The fourth-order valence-electron chi connectivity index (χ4n) is 2.61. The molecule has 0 spiro atoms. The number of amides is 1. The first-order valence-corrected chi connectivity index (χ1v) is 9.63. The average molecular weight is 345 g/mol. The molecule has 0 fully saturated rings. The Kier molecular flexibility index (Phi) is 6.98. The predicted octanol–water partition coefficient (Wildman–Crippen LogP) is 4.99. The Morgan fingerprint density at radius 3 is 2.54 bits per heavy atom. The van der Waals surface area contributed by atoms with Crippen LogP contribution in [0.4, 0.5) is 0 Å². The van der Waals surface area contributed by atoms with Gasteiger partial charge < -0.3 is 5.32 Å². The van der Waals surface area contributed by atoms with Crippen molar-refractivity contribution >= 4 is 17.2 Å². The van der Waals surface area contributed by atoms with Gasteiger partial charge in [-0.25, -0.2) is 4.98 Å². The second-order valence-electron chi connectivity index (χ2n) is 6.98. The second-order valence-corrected chi connectivity index (χ2v) is 7.84. The van der Waals surface area contributed by atoms with Crippen molar-refractivity contribution in [3.05, 3.63) is 40.9 Å². The van der Waals surface area contributed by atoms with Crippen LogP contribution in [0.25, 0.3) is 10.6 Å². The van der Waals surface area contributed by atoms with E-state index in [-0.39, 0.29) is 11.9 Å². The van der Waals surface area contributed by atoms with E-state index in [0.29, 0.717) is 6.42 Å². The number of hydrogen-bond donors (Lipinski definition) is 1. The van der Waals surface area contributed by atoms with E-state index < -0.39 is 0 Å². The van der Waals surface area contributed by atoms with Gasteiger partial charge in [0.2, 0.25) is 5.91 Å². The summed E-state index contributed by atoms with van der Waals surface area (Å²) in [4.78, 5) is 16.8. The fourth-order valence-corrected chi connectivity index (χ4v) is 3.44. The molecule has 1 amide bonds. The summed E-state index contributed by atoms with van der Waals surface area (Å²) in [6.45, 7) is 8.62. The topological polar surface area (TPSA) is 42.0 Å². The van der Waals surface area contributed by atoms with Crippen molar-refractivity contribution in [2.75, 3.05) is 0 Å². The maximum Gasteiger partial charge on any atom is 0.226 e. The van der Waals surface area contributed by atoms with Crippen molar-refractivity contribution in [2.45, 2.75) is 59.4 Å². The highest BCUT2D eigenvalue weighted by atomic mass is 32.1. The van der Waals surface area contributed by atoms with Crippen molar-refractivity contribution in [2.24, 2.45) is 5.92 Å². The Labute approximate surface area is 149 Å². The van der Waals surface area contributed by atoms with Crippen LogP contribution in [0, 0.1) is 12.8 Å². The monoisotopic (exact) mass is 344 g/mol. The zero-order valence-electron chi connectivity index (χ0n) is 15.1. The Bertz CT molecular complexity index is 646. The zero-order valence-corrected chi connectivity index (χ0v) is 16.0. The van der Waals surface area contributed by atoms with Crippen molar-refractivity contribution in [1.29, 1.82) is 0 Å². The number of nitrogens with one attached hydrogen (secondary N) is 1. The van der Waals surface area contributed by atoms with Gasteiger partial charge in [0.25, 0.3) is 0 Å². The van der Waals surface area contributed by atoms with E-state index >= 15 is 0 Å². The normalized spacial score (nSPS) is 12.4. The van der Waals surface area contributed by atoms with Gasteiger partial charge in [-0.15, -0.1) is 11.3 Å². The van der Waals surface area contributed by atoms with E-state index in [4.69, 9.17) is 0 Å². The van der Waals surface area contributed by atoms with Crippen LogP contribution in [0.15, 0.2) is 29.6 Å². The van der Waals surface area contributed by atoms with Gasteiger partial charge in [0.1, 0.15) is 5.01 Å². The molecule has 1 N–H and O–H groups in total. The molecular formula is C20H28N2OS. The molecule has 1 aromatic carbocycles. The Morgan fingerprint density at radius 2 is 1.88 bits per heavy atom. The quantitative estimate of drug-likeness (QED) is 0.733. The highest BCUT2D eigenvalue weighted by Gasteiger charge is 2.11. The van der Waals surface area contributed by atoms with Gasteiger partial charge in [-0.1, -0.05) is 56.5 Å². The van der Waals surface area contributed by atoms with Crippen LogP contribution in [0.5, 0.6) is 0 Å². The van der Waals surface area contributed by atoms with Gasteiger partial charge in [0, 0.05) is 17.0 Å². The Morgan fingerprint density at radius 1 is 1.17 bits per heavy atom. The lowest BCUT2D eigenvalue weighted by molar-refractivity contribution is -0.121. The molecule has 1 unspecified atom stereocenters. The van der Waals surface area contributed by atoms with Crippen LogP contribution in [0.1, 0.15) is 51.3 Å². The van der Waals surface area contributed by atoms with Gasteiger partial charge in [0.15, 0.2) is 0 Å². The van der Waals surface area contributed by atoms with Crippen LogP contribution in [0.3, 0.4) is 0 Å². The van der Waals surface area contributed by atoms with Crippen molar-refractivity contribution in [3.63, 3.8) is 0 Å². The third-order valence-electron chi connectivity index (χ3n) is 4.02. The molecule has 0 saturated carbocycles.